The van der Waals surface area contributed by atoms with Gasteiger partial charge in [-0.25, -0.2) is 13.1 Å². The van der Waals surface area contributed by atoms with Crippen LogP contribution >= 0.6 is 0 Å². The lowest BCUT2D eigenvalue weighted by atomic mass is 9.75. The van der Waals surface area contributed by atoms with Crippen LogP contribution in [0.25, 0.3) is 0 Å². The summed E-state index contributed by atoms with van der Waals surface area (Å²) in [6, 6.07) is 7.46. The summed E-state index contributed by atoms with van der Waals surface area (Å²) < 4.78 is 26.2. The van der Waals surface area contributed by atoms with Crippen molar-refractivity contribution in [1.82, 2.24) is 4.72 Å². The molecule has 3 rings (SSSR count). The van der Waals surface area contributed by atoms with Crippen LogP contribution < -0.4 is 4.72 Å². The quantitative estimate of drug-likeness (QED) is 0.698. The molecule has 74 valence electrons. The van der Waals surface area contributed by atoms with Gasteiger partial charge < -0.3 is 0 Å². The summed E-state index contributed by atoms with van der Waals surface area (Å²) in [6.07, 6.45) is 2.07. The molecule has 0 amide bonds. The van der Waals surface area contributed by atoms with Crippen molar-refractivity contribution in [1.29, 1.82) is 0 Å². The van der Waals surface area contributed by atoms with Gasteiger partial charge in [-0.3, -0.25) is 0 Å². The molecule has 4 heteroatoms. The van der Waals surface area contributed by atoms with Gasteiger partial charge in [-0.1, -0.05) is 18.2 Å². The van der Waals surface area contributed by atoms with Crippen LogP contribution in [0.5, 0.6) is 0 Å². The summed E-state index contributed by atoms with van der Waals surface area (Å²) in [5.41, 5.74) is 1.00. The monoisotopic (exact) mass is 209 g/mol. The van der Waals surface area contributed by atoms with E-state index in [0.717, 1.165) is 18.4 Å². The van der Waals surface area contributed by atoms with Crippen LogP contribution in [-0.4, -0.2) is 14.5 Å². The summed E-state index contributed by atoms with van der Waals surface area (Å²) in [5, 5.41) is 0. The van der Waals surface area contributed by atoms with Crippen molar-refractivity contribution in [3.63, 3.8) is 0 Å². The van der Waals surface area contributed by atoms with E-state index in [9.17, 15) is 8.42 Å². The highest BCUT2D eigenvalue weighted by Crippen LogP contribution is 2.43. The molecule has 1 N–H and O–H groups in total. The van der Waals surface area contributed by atoms with E-state index in [-0.39, 0.29) is 6.04 Å². The topological polar surface area (TPSA) is 46.2 Å². The molecule has 1 aliphatic heterocycles. The molecule has 1 aromatic carbocycles. The molecule has 0 spiro atoms. The number of hydrogen-bond acceptors (Lipinski definition) is 2. The Hall–Kier alpha value is -0.870. The Morgan fingerprint density at radius 1 is 1.21 bits per heavy atom. The van der Waals surface area contributed by atoms with E-state index in [4.69, 9.17) is 0 Å². The summed E-state index contributed by atoms with van der Waals surface area (Å²) in [7, 11) is -3.22. The fourth-order valence-corrected chi connectivity index (χ4v) is 3.90. The van der Waals surface area contributed by atoms with Crippen LogP contribution in [0, 0.1) is 0 Å². The first-order valence-electron chi connectivity index (χ1n) is 4.80. The molecule has 1 aliphatic carbocycles. The molecule has 1 saturated carbocycles. The van der Waals surface area contributed by atoms with Crippen molar-refractivity contribution in [2.24, 2.45) is 0 Å². The maximum absolute atomic E-state index is 11.8. The second kappa shape index (κ2) is 2.58. The summed E-state index contributed by atoms with van der Waals surface area (Å²) in [6.45, 7) is 0. The second-order valence-corrected chi connectivity index (χ2v) is 5.63. The molecule has 0 bridgehead atoms. The van der Waals surface area contributed by atoms with Crippen molar-refractivity contribution >= 4 is 10.0 Å². The van der Waals surface area contributed by atoms with Crippen molar-refractivity contribution < 1.29 is 8.42 Å². The lowest BCUT2D eigenvalue weighted by Gasteiger charge is -2.41. The van der Waals surface area contributed by atoms with Crippen molar-refractivity contribution in [3.05, 3.63) is 29.8 Å². The van der Waals surface area contributed by atoms with Crippen LogP contribution in [0.1, 0.15) is 24.3 Å². The first-order chi connectivity index (χ1) is 6.68. The van der Waals surface area contributed by atoms with Crippen LogP contribution in [0.3, 0.4) is 0 Å². The van der Waals surface area contributed by atoms with Gasteiger partial charge in [-0.05, 0) is 24.5 Å². The van der Waals surface area contributed by atoms with Gasteiger partial charge in [0.15, 0.2) is 0 Å². The van der Waals surface area contributed by atoms with Crippen LogP contribution in [0.4, 0.5) is 0 Å². The Kier molecular flexibility index (Phi) is 1.56. The van der Waals surface area contributed by atoms with Gasteiger partial charge in [0, 0.05) is 12.0 Å². The average molecular weight is 209 g/mol. The first kappa shape index (κ1) is 8.44. The molecule has 0 radical (unpaired) electrons. The Balaban J connectivity index is 2.25. The fraction of sp³-hybridized carbons (Fsp3) is 0.400. The Bertz CT molecular complexity index is 481. The highest BCUT2D eigenvalue weighted by molar-refractivity contribution is 7.89. The smallest absolute Gasteiger partial charge is 0.207 e. The largest absolute Gasteiger partial charge is 0.241 e. The zero-order valence-electron chi connectivity index (χ0n) is 7.60. The SMILES string of the molecule is O=S1(=O)N[C@H]2CCC2c2ccccc21. The number of nitrogens with one attached hydrogen (secondary N) is 1. The molecular weight excluding hydrogens is 198 g/mol. The minimum absolute atomic E-state index is 0.148. The third-order valence-electron chi connectivity index (χ3n) is 3.19. The number of sulfonamides is 1. The van der Waals surface area contributed by atoms with E-state index in [1.807, 2.05) is 12.1 Å². The van der Waals surface area contributed by atoms with Crippen molar-refractivity contribution in [3.8, 4) is 0 Å². The van der Waals surface area contributed by atoms with E-state index >= 15 is 0 Å². The third kappa shape index (κ3) is 0.980. The van der Waals surface area contributed by atoms with Gasteiger partial charge in [-0.15, -0.1) is 0 Å². The predicted octanol–water partition coefficient (Wildman–Crippen LogP) is 1.22. The molecule has 1 fully saturated rings. The van der Waals surface area contributed by atoms with Crippen molar-refractivity contribution in [2.45, 2.75) is 29.7 Å². The lowest BCUT2D eigenvalue weighted by molar-refractivity contribution is 0.307. The number of benzene rings is 1. The van der Waals surface area contributed by atoms with Crippen molar-refractivity contribution in [2.75, 3.05) is 0 Å². The standard InChI is InChI=1S/C10H11NO2S/c12-14(13)10-4-2-1-3-8(10)7-5-6-9(7)11-14/h1-4,7,9,11H,5-6H2/t7?,9-/m0/s1. The second-order valence-electron chi connectivity index (χ2n) is 3.95. The maximum Gasteiger partial charge on any atom is 0.241 e. The predicted molar refractivity (Wildman–Crippen MR) is 52.5 cm³/mol. The Morgan fingerprint density at radius 3 is 2.71 bits per heavy atom. The van der Waals surface area contributed by atoms with E-state index in [1.54, 1.807) is 12.1 Å². The number of fused-ring (bicyclic) bond motifs is 3. The first-order valence-corrected chi connectivity index (χ1v) is 6.28. The Morgan fingerprint density at radius 2 is 2.00 bits per heavy atom. The zero-order valence-corrected chi connectivity index (χ0v) is 8.42. The van der Waals surface area contributed by atoms with E-state index in [0.29, 0.717) is 10.8 Å². The third-order valence-corrected chi connectivity index (χ3v) is 4.75. The van der Waals surface area contributed by atoms with E-state index < -0.39 is 10.0 Å². The molecule has 2 aliphatic rings. The minimum atomic E-state index is -3.22. The zero-order chi connectivity index (χ0) is 9.76. The van der Waals surface area contributed by atoms with E-state index in [1.165, 1.54) is 0 Å². The molecule has 1 heterocycles. The van der Waals surface area contributed by atoms with Gasteiger partial charge >= 0.3 is 0 Å². The Labute approximate surface area is 83.2 Å². The molecule has 1 unspecified atom stereocenters. The molecule has 3 nitrogen and oxygen atoms in total. The average Bonchev–Trinajstić information content (AvgIpc) is 2.12. The summed E-state index contributed by atoms with van der Waals surface area (Å²) in [5.74, 6) is 0.412. The van der Waals surface area contributed by atoms with Gasteiger partial charge in [0.25, 0.3) is 0 Å². The fourth-order valence-electron chi connectivity index (χ4n) is 2.31. The number of rotatable bonds is 0. The van der Waals surface area contributed by atoms with E-state index in [2.05, 4.69) is 4.72 Å². The molecule has 0 aromatic heterocycles. The van der Waals surface area contributed by atoms with Gasteiger partial charge in [0.1, 0.15) is 0 Å². The van der Waals surface area contributed by atoms with Crippen LogP contribution in [-0.2, 0) is 10.0 Å². The maximum atomic E-state index is 11.8. The van der Waals surface area contributed by atoms with Gasteiger partial charge in [0.2, 0.25) is 10.0 Å². The molecule has 14 heavy (non-hydrogen) atoms. The lowest BCUT2D eigenvalue weighted by Crippen LogP contribution is -2.49. The minimum Gasteiger partial charge on any atom is -0.207 e. The highest BCUT2D eigenvalue weighted by atomic mass is 32.2. The highest BCUT2D eigenvalue weighted by Gasteiger charge is 2.42. The van der Waals surface area contributed by atoms with Gasteiger partial charge in [-0.2, -0.15) is 0 Å². The molecule has 0 saturated heterocycles. The normalized spacial score (nSPS) is 32.6. The number of hydrogen-bond donors (Lipinski definition) is 1. The molecule has 1 aromatic rings. The summed E-state index contributed by atoms with van der Waals surface area (Å²) >= 11 is 0. The van der Waals surface area contributed by atoms with Crippen LogP contribution in [0.15, 0.2) is 29.2 Å². The molecular formula is C10H11NO2S. The van der Waals surface area contributed by atoms with Gasteiger partial charge in [0.05, 0.1) is 4.90 Å². The summed E-state index contributed by atoms with van der Waals surface area (Å²) in [4.78, 5) is 0.473. The van der Waals surface area contributed by atoms with Crippen LogP contribution in [0.2, 0.25) is 0 Å². The molecule has 2 atom stereocenters.